The van der Waals surface area contributed by atoms with Gasteiger partial charge in [0.1, 0.15) is 0 Å². The minimum atomic E-state index is -0.275. The summed E-state index contributed by atoms with van der Waals surface area (Å²) < 4.78 is 11.6. The molecule has 0 saturated carbocycles. The van der Waals surface area contributed by atoms with Crippen molar-refractivity contribution in [1.29, 1.82) is 0 Å². The number of halogens is 1. The first kappa shape index (κ1) is 10.8. The number of rotatable bonds is 6. The molecule has 0 spiro atoms. The van der Waals surface area contributed by atoms with Crippen LogP contribution in [0.2, 0.25) is 0 Å². The molecular formula is C8H18FNO. The predicted molar refractivity (Wildman–Crippen MR) is 44.4 cm³/mol. The van der Waals surface area contributed by atoms with E-state index in [1.54, 1.807) is 6.92 Å². The summed E-state index contributed by atoms with van der Waals surface area (Å²) in [6.07, 6.45) is 1.01. The quantitative estimate of drug-likeness (QED) is 0.575. The van der Waals surface area contributed by atoms with Gasteiger partial charge in [-0.25, -0.2) is 0 Å². The zero-order valence-corrected chi connectivity index (χ0v) is 7.31. The van der Waals surface area contributed by atoms with Crippen LogP contribution in [-0.4, -0.2) is 30.5 Å². The van der Waals surface area contributed by atoms with Gasteiger partial charge in [-0.05, 0) is 33.2 Å². The highest BCUT2D eigenvalue weighted by atomic mass is 19.1. The maximum atomic E-state index is 11.6. The second kappa shape index (κ2) is 6.55. The van der Waals surface area contributed by atoms with Gasteiger partial charge in [0.05, 0.1) is 12.8 Å². The third-order valence-corrected chi connectivity index (χ3v) is 1.50. The van der Waals surface area contributed by atoms with Crippen LogP contribution in [0.4, 0.5) is 4.39 Å². The molecular weight excluding hydrogens is 145 g/mol. The van der Waals surface area contributed by atoms with E-state index >= 15 is 0 Å². The van der Waals surface area contributed by atoms with Crippen LogP contribution in [0.15, 0.2) is 0 Å². The number of hydrogen-bond acceptors (Lipinski definition) is 2. The Morgan fingerprint density at radius 2 is 2.09 bits per heavy atom. The van der Waals surface area contributed by atoms with Crippen LogP contribution < -0.4 is 5.32 Å². The molecule has 0 aromatic heterocycles. The van der Waals surface area contributed by atoms with Crippen LogP contribution in [-0.2, 0) is 0 Å². The van der Waals surface area contributed by atoms with E-state index in [0.29, 0.717) is 13.0 Å². The molecule has 2 atom stereocenters. The molecule has 2 unspecified atom stereocenters. The van der Waals surface area contributed by atoms with Crippen molar-refractivity contribution in [3.63, 3.8) is 0 Å². The lowest BCUT2D eigenvalue weighted by Crippen LogP contribution is -2.30. The maximum Gasteiger partial charge on any atom is 0.0906 e. The van der Waals surface area contributed by atoms with E-state index in [1.165, 1.54) is 0 Å². The summed E-state index contributed by atoms with van der Waals surface area (Å²) in [7, 11) is 0. The van der Waals surface area contributed by atoms with Gasteiger partial charge >= 0.3 is 0 Å². The minimum Gasteiger partial charge on any atom is -0.393 e. The zero-order chi connectivity index (χ0) is 8.69. The largest absolute Gasteiger partial charge is 0.393 e. The van der Waals surface area contributed by atoms with E-state index in [1.807, 2.05) is 6.92 Å². The summed E-state index contributed by atoms with van der Waals surface area (Å²) in [5, 5.41) is 12.1. The van der Waals surface area contributed by atoms with Gasteiger partial charge in [0.25, 0.3) is 0 Å². The van der Waals surface area contributed by atoms with Gasteiger partial charge in [0, 0.05) is 6.04 Å². The SMILES string of the molecule is CC(O)CC(C)NCCCF. The molecule has 0 radical (unpaired) electrons. The van der Waals surface area contributed by atoms with E-state index in [2.05, 4.69) is 5.32 Å². The molecule has 0 aromatic carbocycles. The summed E-state index contributed by atoms with van der Waals surface area (Å²) >= 11 is 0. The van der Waals surface area contributed by atoms with Crippen LogP contribution in [0.25, 0.3) is 0 Å². The molecule has 11 heavy (non-hydrogen) atoms. The Morgan fingerprint density at radius 3 is 2.55 bits per heavy atom. The minimum absolute atomic E-state index is 0.269. The number of hydrogen-bond donors (Lipinski definition) is 2. The highest BCUT2D eigenvalue weighted by Crippen LogP contribution is 1.95. The molecule has 2 nitrogen and oxygen atoms in total. The van der Waals surface area contributed by atoms with Crippen LogP contribution in [0.3, 0.4) is 0 Å². The Bertz CT molecular complexity index is 88.2. The van der Waals surface area contributed by atoms with Crippen LogP contribution >= 0.6 is 0 Å². The summed E-state index contributed by atoms with van der Waals surface area (Å²) in [4.78, 5) is 0. The van der Waals surface area contributed by atoms with Crippen molar-refractivity contribution in [2.75, 3.05) is 13.2 Å². The summed E-state index contributed by atoms with van der Waals surface area (Å²) in [5.41, 5.74) is 0. The van der Waals surface area contributed by atoms with Crippen molar-refractivity contribution in [1.82, 2.24) is 5.32 Å². The number of aliphatic hydroxyl groups excluding tert-OH is 1. The Hall–Kier alpha value is -0.150. The molecule has 0 aliphatic heterocycles. The maximum absolute atomic E-state index is 11.6. The monoisotopic (exact) mass is 163 g/mol. The lowest BCUT2D eigenvalue weighted by molar-refractivity contribution is 0.170. The third-order valence-electron chi connectivity index (χ3n) is 1.50. The van der Waals surface area contributed by atoms with Gasteiger partial charge in [-0.15, -0.1) is 0 Å². The van der Waals surface area contributed by atoms with Crippen LogP contribution in [0, 0.1) is 0 Å². The van der Waals surface area contributed by atoms with Crippen molar-refractivity contribution in [3.05, 3.63) is 0 Å². The van der Waals surface area contributed by atoms with Gasteiger partial charge in [-0.3, -0.25) is 4.39 Å². The van der Waals surface area contributed by atoms with Crippen molar-refractivity contribution in [2.24, 2.45) is 0 Å². The van der Waals surface area contributed by atoms with E-state index in [0.717, 1.165) is 6.42 Å². The molecule has 0 aliphatic rings. The first-order valence-corrected chi connectivity index (χ1v) is 4.14. The summed E-state index contributed by atoms with van der Waals surface area (Å²) in [5.74, 6) is 0. The van der Waals surface area contributed by atoms with Crippen molar-refractivity contribution in [2.45, 2.75) is 38.8 Å². The van der Waals surface area contributed by atoms with Gasteiger partial charge in [-0.1, -0.05) is 0 Å². The van der Waals surface area contributed by atoms with Crippen molar-refractivity contribution < 1.29 is 9.50 Å². The van der Waals surface area contributed by atoms with E-state index in [-0.39, 0.29) is 18.8 Å². The number of nitrogens with one attached hydrogen (secondary N) is 1. The molecule has 0 amide bonds. The third kappa shape index (κ3) is 7.75. The van der Waals surface area contributed by atoms with Gasteiger partial charge in [0.15, 0.2) is 0 Å². The highest BCUT2D eigenvalue weighted by molar-refractivity contribution is 4.63. The van der Waals surface area contributed by atoms with E-state index in [9.17, 15) is 4.39 Å². The smallest absolute Gasteiger partial charge is 0.0906 e. The van der Waals surface area contributed by atoms with Gasteiger partial charge in [-0.2, -0.15) is 0 Å². The fourth-order valence-corrected chi connectivity index (χ4v) is 1.01. The van der Waals surface area contributed by atoms with Crippen LogP contribution in [0.1, 0.15) is 26.7 Å². The van der Waals surface area contributed by atoms with Gasteiger partial charge < -0.3 is 10.4 Å². The van der Waals surface area contributed by atoms with Gasteiger partial charge in [0.2, 0.25) is 0 Å². The van der Waals surface area contributed by atoms with E-state index < -0.39 is 0 Å². The molecule has 0 heterocycles. The second-order valence-electron chi connectivity index (χ2n) is 2.98. The average molecular weight is 163 g/mol. The first-order chi connectivity index (χ1) is 5.16. The number of alkyl halides is 1. The first-order valence-electron chi connectivity index (χ1n) is 4.14. The molecule has 0 aromatic rings. The molecule has 0 rings (SSSR count). The predicted octanol–water partition coefficient (Wildman–Crippen LogP) is 1.09. The Balaban J connectivity index is 3.15. The second-order valence-corrected chi connectivity index (χ2v) is 2.98. The summed E-state index contributed by atoms with van der Waals surface area (Å²) in [6, 6.07) is 0.279. The van der Waals surface area contributed by atoms with E-state index in [4.69, 9.17) is 5.11 Å². The fourth-order valence-electron chi connectivity index (χ4n) is 1.01. The molecule has 3 heteroatoms. The standard InChI is InChI=1S/C8H18FNO/c1-7(6-8(2)11)10-5-3-4-9/h7-8,10-11H,3-6H2,1-2H3. The lowest BCUT2D eigenvalue weighted by Gasteiger charge is -2.14. The topological polar surface area (TPSA) is 32.3 Å². The molecule has 0 bridgehead atoms. The lowest BCUT2D eigenvalue weighted by atomic mass is 10.1. The van der Waals surface area contributed by atoms with Crippen LogP contribution in [0.5, 0.6) is 0 Å². The Kier molecular flexibility index (Phi) is 6.46. The molecule has 0 fully saturated rings. The summed E-state index contributed by atoms with van der Waals surface area (Å²) in [6.45, 7) is 4.18. The Labute approximate surface area is 67.8 Å². The molecule has 68 valence electrons. The Morgan fingerprint density at radius 1 is 1.45 bits per heavy atom. The molecule has 2 N–H and O–H groups in total. The van der Waals surface area contributed by atoms with Crippen molar-refractivity contribution >= 4 is 0 Å². The molecule has 0 aliphatic carbocycles. The molecule has 0 saturated heterocycles. The zero-order valence-electron chi connectivity index (χ0n) is 7.31. The fraction of sp³-hybridized carbons (Fsp3) is 1.00. The normalized spacial score (nSPS) is 16.4. The van der Waals surface area contributed by atoms with Crippen molar-refractivity contribution in [3.8, 4) is 0 Å². The highest BCUT2D eigenvalue weighted by Gasteiger charge is 2.03. The number of aliphatic hydroxyl groups is 1. The average Bonchev–Trinajstić information content (AvgIpc) is 1.86.